The molecule has 0 aliphatic heterocycles. The van der Waals surface area contributed by atoms with E-state index >= 15 is 0 Å². The molecule has 0 spiro atoms. The van der Waals surface area contributed by atoms with Gasteiger partial charge in [-0.25, -0.2) is 4.98 Å². The molecule has 31 heavy (non-hydrogen) atoms. The van der Waals surface area contributed by atoms with Crippen LogP contribution in [0.2, 0.25) is 0 Å². The third-order valence-electron chi connectivity index (χ3n) is 4.22. The fourth-order valence-electron chi connectivity index (χ4n) is 2.76. The van der Waals surface area contributed by atoms with Crippen LogP contribution in [0, 0.1) is 0 Å². The molecule has 0 radical (unpaired) electrons. The summed E-state index contributed by atoms with van der Waals surface area (Å²) < 4.78 is 18.4. The molecule has 1 amide bonds. The number of hydrogen-bond donors (Lipinski definition) is 2. The van der Waals surface area contributed by atoms with Crippen molar-refractivity contribution in [2.75, 3.05) is 16.9 Å². The molecule has 2 aromatic heterocycles. The smallest absolute Gasteiger partial charge is 0.247 e. The minimum absolute atomic E-state index is 0.302. The zero-order chi connectivity index (χ0) is 21.8. The Morgan fingerprint density at radius 2 is 1.97 bits per heavy atom. The predicted molar refractivity (Wildman–Crippen MR) is 125 cm³/mol. The van der Waals surface area contributed by atoms with Gasteiger partial charge in [0.15, 0.2) is 4.90 Å². The van der Waals surface area contributed by atoms with Crippen LogP contribution >= 0.6 is 11.3 Å². The van der Waals surface area contributed by atoms with E-state index in [0.29, 0.717) is 23.3 Å². The summed E-state index contributed by atoms with van der Waals surface area (Å²) in [4.78, 5) is 21.4. The van der Waals surface area contributed by atoms with E-state index in [9.17, 15) is 9.35 Å². The van der Waals surface area contributed by atoms with Crippen molar-refractivity contribution in [1.82, 2.24) is 9.97 Å². The Bertz CT molecular complexity index is 1240. The molecule has 0 aliphatic carbocycles. The molecule has 9 heteroatoms. The monoisotopic (exact) mass is 450 g/mol. The van der Waals surface area contributed by atoms with Crippen molar-refractivity contribution >= 4 is 56.0 Å². The number of fused-ring (bicyclic) bond motifs is 1. The van der Waals surface area contributed by atoms with Gasteiger partial charge in [-0.05, 0) is 65.1 Å². The maximum Gasteiger partial charge on any atom is 0.247 e. The van der Waals surface area contributed by atoms with Gasteiger partial charge >= 0.3 is 0 Å². The van der Waals surface area contributed by atoms with Crippen molar-refractivity contribution in [3.8, 4) is 11.6 Å². The first-order chi connectivity index (χ1) is 15.0. The van der Waals surface area contributed by atoms with E-state index in [0.717, 1.165) is 20.8 Å². The topological polar surface area (TPSA) is 99.2 Å². The van der Waals surface area contributed by atoms with Crippen molar-refractivity contribution in [1.29, 1.82) is 0 Å². The number of carbonyl (C=O) groups excluding carboxylic acids is 1. The molecule has 0 saturated carbocycles. The van der Waals surface area contributed by atoms with Crippen LogP contribution < -0.4 is 15.4 Å². The summed E-state index contributed by atoms with van der Waals surface area (Å²) in [5, 5.41) is 7.78. The number of hydrogen-bond acceptors (Lipinski definition) is 7. The third-order valence-corrected chi connectivity index (χ3v) is 6.04. The van der Waals surface area contributed by atoms with Crippen molar-refractivity contribution in [2.24, 2.45) is 0 Å². The van der Waals surface area contributed by atoms with E-state index in [4.69, 9.17) is 4.74 Å². The third kappa shape index (κ3) is 5.02. The van der Waals surface area contributed by atoms with E-state index in [1.54, 1.807) is 42.7 Å². The minimum atomic E-state index is -1.04. The van der Waals surface area contributed by atoms with Gasteiger partial charge in [-0.15, -0.1) is 11.3 Å². The largest absolute Gasteiger partial charge is 0.612 e. The number of nitrogens with zero attached hydrogens (tertiary/aromatic N) is 2. The molecule has 7 nitrogen and oxygen atoms in total. The molecule has 156 valence electrons. The number of amides is 1. The zero-order valence-electron chi connectivity index (χ0n) is 16.5. The number of thiophene rings is 1. The highest BCUT2D eigenvalue weighted by Crippen LogP contribution is 2.33. The minimum Gasteiger partial charge on any atom is -0.612 e. The lowest BCUT2D eigenvalue weighted by Gasteiger charge is -2.11. The maximum atomic E-state index is 11.6. The normalized spacial score (nSPS) is 11.7. The number of ether oxygens (including phenoxy) is 1. The van der Waals surface area contributed by atoms with Crippen LogP contribution in [0.25, 0.3) is 10.2 Å². The molecule has 1 atom stereocenters. The molecular formula is C22H18N4O3S2. The van der Waals surface area contributed by atoms with E-state index in [-0.39, 0.29) is 5.91 Å². The van der Waals surface area contributed by atoms with Gasteiger partial charge in [0.1, 0.15) is 16.7 Å². The quantitative estimate of drug-likeness (QED) is 0.301. The summed E-state index contributed by atoms with van der Waals surface area (Å²) in [6, 6.07) is 16.2. The average molecular weight is 451 g/mol. The first-order valence-electron chi connectivity index (χ1n) is 9.19. The lowest BCUT2D eigenvalue weighted by atomic mass is 10.3. The average Bonchev–Trinajstić information content (AvgIpc) is 3.23. The summed E-state index contributed by atoms with van der Waals surface area (Å²) in [5.41, 5.74) is 2.11. The summed E-state index contributed by atoms with van der Waals surface area (Å²) in [6.07, 6.45) is 2.84. The first-order valence-corrected chi connectivity index (χ1v) is 11.6. The fraction of sp³-hybridized carbons (Fsp3) is 0.0455. The van der Waals surface area contributed by atoms with Gasteiger partial charge in [0.2, 0.25) is 17.7 Å². The van der Waals surface area contributed by atoms with Crippen LogP contribution in [0.3, 0.4) is 0 Å². The van der Waals surface area contributed by atoms with Gasteiger partial charge in [0, 0.05) is 17.4 Å². The Morgan fingerprint density at radius 3 is 2.71 bits per heavy atom. The van der Waals surface area contributed by atoms with Crippen molar-refractivity contribution in [2.45, 2.75) is 4.90 Å². The number of aromatic nitrogens is 2. The maximum absolute atomic E-state index is 11.6. The molecule has 2 aromatic carbocycles. The van der Waals surface area contributed by atoms with E-state index in [2.05, 4.69) is 27.2 Å². The molecule has 0 bridgehead atoms. The first kappa shape index (κ1) is 20.9. The molecule has 4 rings (SSSR count). The van der Waals surface area contributed by atoms with Crippen LogP contribution in [0.1, 0.15) is 0 Å². The second-order valence-electron chi connectivity index (χ2n) is 6.41. The fourth-order valence-corrected chi connectivity index (χ4v) is 4.04. The molecule has 2 N–H and O–H groups in total. The lowest BCUT2D eigenvalue weighted by Crippen LogP contribution is -2.07. The SMILES string of the molecule is C=CC(=O)Nc1cccc(Oc2nc(Nc3ccc([S+](C)[O-])cc3)nc3ccsc23)c1. The second-order valence-corrected chi connectivity index (χ2v) is 8.71. The van der Waals surface area contributed by atoms with Crippen molar-refractivity contribution in [3.05, 3.63) is 72.6 Å². The zero-order valence-corrected chi connectivity index (χ0v) is 18.1. The van der Waals surface area contributed by atoms with Crippen LogP contribution in [0.4, 0.5) is 17.3 Å². The Labute approximate surface area is 186 Å². The highest BCUT2D eigenvalue weighted by atomic mass is 32.2. The van der Waals surface area contributed by atoms with Gasteiger partial charge in [0.05, 0.1) is 5.52 Å². The molecule has 4 aromatic rings. The molecular weight excluding hydrogens is 432 g/mol. The Morgan fingerprint density at radius 1 is 1.16 bits per heavy atom. The van der Waals surface area contributed by atoms with Gasteiger partial charge in [0.25, 0.3) is 0 Å². The standard InChI is InChI=1S/C22H18N4O3S2/c1-3-19(27)23-15-5-4-6-16(13-15)29-21-20-18(11-12-30-20)25-22(26-21)24-14-7-9-17(10-8-14)31(2)28/h3-13H,1H2,2H3,(H,23,27)(H,24,25,26). The van der Waals surface area contributed by atoms with Gasteiger partial charge in [-0.3, -0.25) is 4.79 Å². The van der Waals surface area contributed by atoms with Crippen LogP contribution in [0.5, 0.6) is 11.6 Å². The number of rotatable bonds is 7. The van der Waals surface area contributed by atoms with Gasteiger partial charge in [-0.2, -0.15) is 4.98 Å². The highest BCUT2D eigenvalue weighted by Gasteiger charge is 2.13. The Hall–Kier alpha value is -3.40. The van der Waals surface area contributed by atoms with Crippen LogP contribution in [-0.4, -0.2) is 26.7 Å². The second kappa shape index (κ2) is 9.17. The molecule has 0 saturated heterocycles. The Balaban J connectivity index is 1.61. The Kier molecular flexibility index (Phi) is 6.17. The molecule has 0 fully saturated rings. The number of nitrogens with one attached hydrogen (secondary N) is 2. The molecule has 0 aliphatic rings. The summed E-state index contributed by atoms with van der Waals surface area (Å²) >= 11 is 0.438. The predicted octanol–water partition coefficient (Wildman–Crippen LogP) is 5.09. The summed E-state index contributed by atoms with van der Waals surface area (Å²) in [7, 11) is 0. The van der Waals surface area contributed by atoms with Gasteiger partial charge < -0.3 is 19.9 Å². The van der Waals surface area contributed by atoms with Crippen molar-refractivity contribution in [3.63, 3.8) is 0 Å². The number of carbonyl (C=O) groups is 1. The number of anilines is 3. The molecule has 1 unspecified atom stereocenters. The lowest BCUT2D eigenvalue weighted by molar-refractivity contribution is -0.111. The van der Waals surface area contributed by atoms with Crippen LogP contribution in [-0.2, 0) is 16.0 Å². The van der Waals surface area contributed by atoms with Gasteiger partial charge in [-0.1, -0.05) is 12.6 Å². The van der Waals surface area contributed by atoms with Crippen LogP contribution in [0.15, 0.2) is 77.5 Å². The number of benzene rings is 2. The molecule has 2 heterocycles. The van der Waals surface area contributed by atoms with Crippen molar-refractivity contribution < 1.29 is 14.1 Å². The van der Waals surface area contributed by atoms with E-state index < -0.39 is 11.2 Å². The van der Waals surface area contributed by atoms with E-state index in [1.807, 2.05) is 23.6 Å². The summed E-state index contributed by atoms with van der Waals surface area (Å²) in [5.74, 6) is 1.00. The highest BCUT2D eigenvalue weighted by molar-refractivity contribution is 7.90. The summed E-state index contributed by atoms with van der Waals surface area (Å²) in [6.45, 7) is 3.45. The van der Waals surface area contributed by atoms with E-state index in [1.165, 1.54) is 17.4 Å².